The lowest BCUT2D eigenvalue weighted by Crippen LogP contribution is -2.19. The maximum atomic E-state index is 12.6. The molecular weight excluding hydrogens is 205 g/mol. The van der Waals surface area contributed by atoms with Crippen molar-refractivity contribution in [1.29, 1.82) is 0 Å². The van der Waals surface area contributed by atoms with Crippen molar-refractivity contribution in [2.24, 2.45) is 0 Å². The molecule has 1 aliphatic rings. The zero-order chi connectivity index (χ0) is 10.2. The second-order valence-electron chi connectivity index (χ2n) is 3.33. The molecule has 0 amide bonds. The van der Waals surface area contributed by atoms with Crippen molar-refractivity contribution in [2.75, 3.05) is 5.75 Å². The molecule has 2 rings (SSSR count). The Morgan fingerprint density at radius 3 is 2.43 bits per heavy atom. The van der Waals surface area contributed by atoms with Gasteiger partial charge >= 0.3 is 0 Å². The van der Waals surface area contributed by atoms with E-state index in [2.05, 4.69) is 4.72 Å². The van der Waals surface area contributed by atoms with E-state index in [1.54, 1.807) is 12.1 Å². The molecular formula is C9H10FNO2S. The van der Waals surface area contributed by atoms with E-state index >= 15 is 0 Å². The van der Waals surface area contributed by atoms with E-state index in [-0.39, 0.29) is 17.6 Å². The molecule has 76 valence electrons. The van der Waals surface area contributed by atoms with Crippen molar-refractivity contribution in [3.8, 4) is 0 Å². The van der Waals surface area contributed by atoms with Gasteiger partial charge in [0.2, 0.25) is 10.0 Å². The highest BCUT2D eigenvalue weighted by atomic mass is 32.2. The minimum Gasteiger partial charge on any atom is -0.212 e. The SMILES string of the molecule is O=S1(=O)CC[C@H](c2ccc(F)cc2)N1. The Morgan fingerprint density at radius 1 is 1.29 bits per heavy atom. The van der Waals surface area contributed by atoms with Crippen molar-refractivity contribution in [2.45, 2.75) is 12.5 Å². The van der Waals surface area contributed by atoms with E-state index in [0.29, 0.717) is 6.42 Å². The Hall–Kier alpha value is -0.940. The summed E-state index contributed by atoms with van der Waals surface area (Å²) in [6, 6.07) is 5.69. The van der Waals surface area contributed by atoms with Crippen LogP contribution in [-0.4, -0.2) is 14.2 Å². The smallest absolute Gasteiger partial charge is 0.212 e. The molecule has 1 N–H and O–H groups in total. The van der Waals surface area contributed by atoms with Gasteiger partial charge in [0.05, 0.1) is 5.75 Å². The minimum absolute atomic E-state index is 0.148. The molecule has 5 heteroatoms. The van der Waals surface area contributed by atoms with Gasteiger partial charge in [-0.2, -0.15) is 0 Å². The second-order valence-corrected chi connectivity index (χ2v) is 5.20. The second kappa shape index (κ2) is 3.33. The van der Waals surface area contributed by atoms with Crippen LogP contribution >= 0.6 is 0 Å². The first-order valence-corrected chi connectivity index (χ1v) is 5.97. The van der Waals surface area contributed by atoms with Gasteiger partial charge in [0, 0.05) is 6.04 Å². The number of nitrogens with one attached hydrogen (secondary N) is 1. The van der Waals surface area contributed by atoms with Crippen molar-refractivity contribution in [1.82, 2.24) is 4.72 Å². The third-order valence-electron chi connectivity index (χ3n) is 2.27. The molecule has 14 heavy (non-hydrogen) atoms. The normalized spacial score (nSPS) is 25.1. The standard InChI is InChI=1S/C9H10FNO2S/c10-8-3-1-7(2-4-8)9-5-6-14(12,13)11-9/h1-4,9,11H,5-6H2/t9-/m1/s1. The quantitative estimate of drug-likeness (QED) is 0.764. The fraction of sp³-hybridized carbons (Fsp3) is 0.333. The molecule has 1 aromatic rings. The molecule has 1 aromatic carbocycles. The lowest BCUT2D eigenvalue weighted by Gasteiger charge is -2.08. The van der Waals surface area contributed by atoms with E-state index < -0.39 is 10.0 Å². The number of benzene rings is 1. The molecule has 3 nitrogen and oxygen atoms in total. The number of halogens is 1. The maximum absolute atomic E-state index is 12.6. The van der Waals surface area contributed by atoms with Crippen LogP contribution < -0.4 is 4.72 Å². The third-order valence-corrected chi connectivity index (χ3v) is 3.69. The van der Waals surface area contributed by atoms with Crippen molar-refractivity contribution < 1.29 is 12.8 Å². The van der Waals surface area contributed by atoms with Crippen LogP contribution in [0.15, 0.2) is 24.3 Å². The summed E-state index contributed by atoms with van der Waals surface area (Å²) in [5.41, 5.74) is 0.812. The summed E-state index contributed by atoms with van der Waals surface area (Å²) in [5, 5.41) is 0. The molecule has 1 atom stereocenters. The van der Waals surface area contributed by atoms with Gasteiger partial charge in [0.15, 0.2) is 0 Å². The predicted octanol–water partition coefficient (Wildman–Crippen LogP) is 1.19. The van der Waals surface area contributed by atoms with Gasteiger partial charge in [-0.15, -0.1) is 0 Å². The summed E-state index contributed by atoms with van der Waals surface area (Å²) in [4.78, 5) is 0. The molecule has 0 bridgehead atoms. The predicted molar refractivity (Wildman–Crippen MR) is 50.7 cm³/mol. The Labute approximate surface area is 82.0 Å². The number of hydrogen-bond acceptors (Lipinski definition) is 2. The van der Waals surface area contributed by atoms with Crippen LogP contribution in [0, 0.1) is 5.82 Å². The maximum Gasteiger partial charge on any atom is 0.212 e. The molecule has 0 saturated carbocycles. The van der Waals surface area contributed by atoms with Crippen LogP contribution in [0.2, 0.25) is 0 Å². The van der Waals surface area contributed by atoms with E-state index in [1.807, 2.05) is 0 Å². The van der Waals surface area contributed by atoms with Gasteiger partial charge in [-0.1, -0.05) is 12.1 Å². The molecule has 1 fully saturated rings. The fourth-order valence-corrected chi connectivity index (χ4v) is 2.89. The van der Waals surface area contributed by atoms with Gasteiger partial charge < -0.3 is 0 Å². The van der Waals surface area contributed by atoms with Gasteiger partial charge in [-0.25, -0.2) is 17.5 Å². The third kappa shape index (κ3) is 1.93. The summed E-state index contributed by atoms with van der Waals surface area (Å²) in [6.45, 7) is 0. The van der Waals surface area contributed by atoms with Crippen LogP contribution in [0.5, 0.6) is 0 Å². The lowest BCUT2D eigenvalue weighted by molar-refractivity contribution is 0.585. The Bertz CT molecular complexity index is 427. The zero-order valence-electron chi connectivity index (χ0n) is 7.40. The van der Waals surface area contributed by atoms with Crippen molar-refractivity contribution in [3.05, 3.63) is 35.6 Å². The average molecular weight is 215 g/mol. The van der Waals surface area contributed by atoms with Crippen LogP contribution in [0.4, 0.5) is 4.39 Å². The Morgan fingerprint density at radius 2 is 1.93 bits per heavy atom. The van der Waals surface area contributed by atoms with E-state index in [1.165, 1.54) is 12.1 Å². The molecule has 1 saturated heterocycles. The number of hydrogen-bond donors (Lipinski definition) is 1. The molecule has 0 aliphatic carbocycles. The van der Waals surface area contributed by atoms with Gasteiger partial charge in [-0.3, -0.25) is 0 Å². The topological polar surface area (TPSA) is 46.2 Å². The van der Waals surface area contributed by atoms with Crippen molar-refractivity contribution in [3.63, 3.8) is 0 Å². The summed E-state index contributed by atoms with van der Waals surface area (Å²) in [5.74, 6) is -0.163. The minimum atomic E-state index is -3.10. The van der Waals surface area contributed by atoms with Crippen LogP contribution in [-0.2, 0) is 10.0 Å². The summed E-state index contributed by atoms with van der Waals surface area (Å²) in [6.07, 6.45) is 0.550. The Kier molecular flexibility index (Phi) is 2.28. The van der Waals surface area contributed by atoms with Crippen LogP contribution in [0.3, 0.4) is 0 Å². The number of rotatable bonds is 1. The van der Waals surface area contributed by atoms with Crippen LogP contribution in [0.25, 0.3) is 0 Å². The summed E-state index contributed by atoms with van der Waals surface area (Å²) >= 11 is 0. The van der Waals surface area contributed by atoms with Gasteiger partial charge in [-0.05, 0) is 24.1 Å². The largest absolute Gasteiger partial charge is 0.212 e. The first-order valence-electron chi connectivity index (χ1n) is 4.32. The molecule has 0 aromatic heterocycles. The van der Waals surface area contributed by atoms with Crippen molar-refractivity contribution >= 4 is 10.0 Å². The first-order chi connectivity index (χ1) is 6.57. The van der Waals surface area contributed by atoms with Crippen LogP contribution in [0.1, 0.15) is 18.0 Å². The average Bonchev–Trinajstić information content (AvgIpc) is 2.47. The summed E-state index contributed by atoms with van der Waals surface area (Å²) in [7, 11) is -3.10. The molecule has 0 unspecified atom stereocenters. The number of sulfonamides is 1. The molecule has 1 aliphatic heterocycles. The monoisotopic (exact) mass is 215 g/mol. The highest BCUT2D eigenvalue weighted by Crippen LogP contribution is 2.23. The van der Waals surface area contributed by atoms with Gasteiger partial charge in [0.25, 0.3) is 0 Å². The highest BCUT2D eigenvalue weighted by Gasteiger charge is 2.27. The molecule has 0 radical (unpaired) electrons. The van der Waals surface area contributed by atoms with E-state index in [4.69, 9.17) is 0 Å². The van der Waals surface area contributed by atoms with Gasteiger partial charge in [0.1, 0.15) is 5.82 Å². The zero-order valence-corrected chi connectivity index (χ0v) is 8.22. The highest BCUT2D eigenvalue weighted by molar-refractivity contribution is 7.89. The fourth-order valence-electron chi connectivity index (χ4n) is 1.54. The lowest BCUT2D eigenvalue weighted by atomic mass is 10.1. The molecule has 0 spiro atoms. The summed E-state index contributed by atoms with van der Waals surface area (Å²) < 4.78 is 37.3. The van der Waals surface area contributed by atoms with E-state index in [0.717, 1.165) is 5.56 Å². The Balaban J connectivity index is 2.22. The first kappa shape index (κ1) is 9.61. The van der Waals surface area contributed by atoms with E-state index in [9.17, 15) is 12.8 Å². The molecule has 1 heterocycles.